The van der Waals surface area contributed by atoms with Crippen LogP contribution in [0.3, 0.4) is 0 Å². The topological polar surface area (TPSA) is 36.5 Å². The summed E-state index contributed by atoms with van der Waals surface area (Å²) in [5, 5.41) is 0. The molecule has 0 radical (unpaired) electrons. The normalized spacial score (nSPS) is 28.7. The molecule has 3 nitrogen and oxygen atoms in total. The molecule has 0 fully saturated rings. The first-order valence-corrected chi connectivity index (χ1v) is 7.11. The molecular formula is C17H19N3. The Morgan fingerprint density at radius 3 is 2.30 bits per heavy atom. The van der Waals surface area contributed by atoms with Crippen molar-refractivity contribution in [2.24, 2.45) is 0 Å². The fourth-order valence-electron chi connectivity index (χ4n) is 3.92. The summed E-state index contributed by atoms with van der Waals surface area (Å²) in [4.78, 5) is 6.81. The summed E-state index contributed by atoms with van der Waals surface area (Å²) in [6.07, 6.45) is 7.27. The zero-order chi connectivity index (χ0) is 13.8. The predicted octanol–water partition coefficient (Wildman–Crippen LogP) is 3.62. The number of hydrogen-bond acceptors (Lipinski definition) is 0. The van der Waals surface area contributed by atoms with Crippen molar-refractivity contribution in [1.29, 1.82) is 0 Å². The monoisotopic (exact) mass is 265 g/mol. The fraction of sp³-hybridized carbons (Fsp3) is 0.294. The number of nitrogens with one attached hydrogen (secondary N) is 2. The van der Waals surface area contributed by atoms with E-state index in [2.05, 4.69) is 71.0 Å². The Labute approximate surface area is 118 Å². The van der Waals surface area contributed by atoms with Crippen molar-refractivity contribution in [3.63, 3.8) is 0 Å². The molecule has 4 rings (SSSR count). The molecule has 0 saturated carbocycles. The summed E-state index contributed by atoms with van der Waals surface area (Å²) in [5.74, 6) is 0. The van der Waals surface area contributed by atoms with E-state index in [4.69, 9.17) is 0 Å². The van der Waals surface area contributed by atoms with Gasteiger partial charge in [-0.1, -0.05) is 0 Å². The summed E-state index contributed by atoms with van der Waals surface area (Å²) in [7, 11) is 0. The zero-order valence-corrected chi connectivity index (χ0v) is 11.9. The Bertz CT molecular complexity index is 659. The number of H-pyrrole nitrogens is 2. The van der Waals surface area contributed by atoms with Crippen LogP contribution in [-0.4, -0.2) is 14.5 Å². The average Bonchev–Trinajstić information content (AvgIpc) is 3.19. The van der Waals surface area contributed by atoms with Crippen LogP contribution in [0.25, 0.3) is 0 Å². The van der Waals surface area contributed by atoms with Crippen LogP contribution < -0.4 is 0 Å². The third-order valence-electron chi connectivity index (χ3n) is 4.91. The molecule has 3 heteroatoms. The van der Waals surface area contributed by atoms with Gasteiger partial charge in [0.25, 0.3) is 0 Å². The van der Waals surface area contributed by atoms with Crippen LogP contribution in [0.1, 0.15) is 37.4 Å². The highest BCUT2D eigenvalue weighted by molar-refractivity contribution is 5.40. The fourth-order valence-corrected chi connectivity index (χ4v) is 3.92. The van der Waals surface area contributed by atoms with Gasteiger partial charge in [0.05, 0.1) is 11.0 Å². The zero-order valence-electron chi connectivity index (χ0n) is 11.9. The van der Waals surface area contributed by atoms with Crippen LogP contribution in [0.5, 0.6) is 0 Å². The summed E-state index contributed by atoms with van der Waals surface area (Å²) < 4.78 is 2.42. The van der Waals surface area contributed by atoms with E-state index in [-0.39, 0.29) is 11.0 Å². The quantitative estimate of drug-likeness (QED) is 0.710. The van der Waals surface area contributed by atoms with Crippen molar-refractivity contribution in [2.75, 3.05) is 0 Å². The smallest absolute Gasteiger partial charge is 0.0826 e. The average molecular weight is 265 g/mol. The molecule has 3 aromatic heterocycles. The largest absolute Gasteiger partial charge is 0.364 e. The summed E-state index contributed by atoms with van der Waals surface area (Å²) in [6.45, 7) is 4.65. The van der Waals surface area contributed by atoms with E-state index in [1.165, 1.54) is 17.1 Å². The standard InChI is InChI=1S/C17H19N3/c1-16(13-6-3-9-18-13)12-17(2,14-7-4-10-19-14)20-11-5-8-15(16)20/h3-11,18-19H,12H2,1-2H3. The molecular weight excluding hydrogens is 246 g/mol. The number of aromatic nitrogens is 3. The molecule has 20 heavy (non-hydrogen) atoms. The number of aromatic amines is 2. The molecule has 0 saturated heterocycles. The van der Waals surface area contributed by atoms with E-state index in [1.54, 1.807) is 0 Å². The minimum atomic E-state index is -0.0256. The number of rotatable bonds is 2. The molecule has 1 aliphatic rings. The van der Waals surface area contributed by atoms with Gasteiger partial charge < -0.3 is 14.5 Å². The van der Waals surface area contributed by atoms with Gasteiger partial charge in [0, 0.05) is 35.7 Å². The first-order valence-electron chi connectivity index (χ1n) is 7.11. The van der Waals surface area contributed by atoms with Crippen LogP contribution >= 0.6 is 0 Å². The Morgan fingerprint density at radius 1 is 0.950 bits per heavy atom. The lowest BCUT2D eigenvalue weighted by molar-refractivity contribution is 0.366. The number of hydrogen-bond donors (Lipinski definition) is 2. The summed E-state index contributed by atoms with van der Waals surface area (Å²) in [5.41, 5.74) is 3.92. The van der Waals surface area contributed by atoms with Crippen molar-refractivity contribution in [2.45, 2.75) is 31.2 Å². The van der Waals surface area contributed by atoms with Crippen LogP contribution in [0.4, 0.5) is 0 Å². The Kier molecular flexibility index (Phi) is 2.15. The van der Waals surface area contributed by atoms with Gasteiger partial charge in [0.2, 0.25) is 0 Å². The van der Waals surface area contributed by atoms with Gasteiger partial charge in [-0.25, -0.2) is 0 Å². The second-order valence-electron chi connectivity index (χ2n) is 6.21. The predicted molar refractivity (Wildman–Crippen MR) is 79.8 cm³/mol. The van der Waals surface area contributed by atoms with Crippen molar-refractivity contribution in [3.8, 4) is 0 Å². The SMILES string of the molecule is CC1(c2ccc[nH]2)CC(C)(c2ccc[nH]2)n2cccc21. The minimum absolute atomic E-state index is 0.0207. The van der Waals surface area contributed by atoms with Gasteiger partial charge in [-0.2, -0.15) is 0 Å². The lowest BCUT2D eigenvalue weighted by atomic mass is 9.76. The molecule has 0 aromatic carbocycles. The van der Waals surface area contributed by atoms with E-state index in [0.717, 1.165) is 6.42 Å². The lowest BCUT2D eigenvalue weighted by Gasteiger charge is -2.29. The van der Waals surface area contributed by atoms with Gasteiger partial charge in [-0.15, -0.1) is 0 Å². The van der Waals surface area contributed by atoms with Crippen molar-refractivity contribution >= 4 is 0 Å². The van der Waals surface area contributed by atoms with Gasteiger partial charge >= 0.3 is 0 Å². The van der Waals surface area contributed by atoms with E-state index in [1.807, 2.05) is 12.4 Å². The van der Waals surface area contributed by atoms with Crippen molar-refractivity contribution < 1.29 is 0 Å². The molecule has 102 valence electrons. The van der Waals surface area contributed by atoms with Crippen LogP contribution in [0.15, 0.2) is 55.0 Å². The van der Waals surface area contributed by atoms with Gasteiger partial charge in [0.1, 0.15) is 0 Å². The highest BCUT2D eigenvalue weighted by Crippen LogP contribution is 2.50. The highest BCUT2D eigenvalue weighted by atomic mass is 15.1. The Morgan fingerprint density at radius 2 is 1.65 bits per heavy atom. The molecule has 2 atom stereocenters. The molecule has 2 N–H and O–H groups in total. The van der Waals surface area contributed by atoms with E-state index < -0.39 is 0 Å². The molecule has 3 aromatic rings. The number of fused-ring (bicyclic) bond motifs is 1. The molecule has 4 heterocycles. The Hall–Kier alpha value is -2.16. The second kappa shape index (κ2) is 3.69. The van der Waals surface area contributed by atoms with Crippen molar-refractivity contribution in [3.05, 3.63) is 72.1 Å². The maximum Gasteiger partial charge on any atom is 0.0826 e. The van der Waals surface area contributed by atoms with E-state index in [9.17, 15) is 0 Å². The lowest BCUT2D eigenvalue weighted by Crippen LogP contribution is -2.29. The number of nitrogens with zero attached hydrogens (tertiary/aromatic N) is 1. The molecule has 0 amide bonds. The first kappa shape index (κ1) is 11.6. The third-order valence-corrected chi connectivity index (χ3v) is 4.91. The summed E-state index contributed by atoms with van der Waals surface area (Å²) >= 11 is 0. The third kappa shape index (κ3) is 1.30. The molecule has 2 unspecified atom stereocenters. The first-order chi connectivity index (χ1) is 9.64. The molecule has 0 aliphatic carbocycles. The highest BCUT2D eigenvalue weighted by Gasteiger charge is 2.49. The maximum atomic E-state index is 3.41. The van der Waals surface area contributed by atoms with Crippen LogP contribution in [-0.2, 0) is 11.0 Å². The van der Waals surface area contributed by atoms with Gasteiger partial charge in [-0.3, -0.25) is 0 Å². The van der Waals surface area contributed by atoms with E-state index in [0.29, 0.717) is 0 Å². The maximum absolute atomic E-state index is 3.41. The Balaban J connectivity index is 1.93. The van der Waals surface area contributed by atoms with Crippen LogP contribution in [0.2, 0.25) is 0 Å². The van der Waals surface area contributed by atoms with Crippen LogP contribution in [0, 0.1) is 0 Å². The molecule has 0 spiro atoms. The molecule has 0 bridgehead atoms. The van der Waals surface area contributed by atoms with Crippen molar-refractivity contribution in [1.82, 2.24) is 14.5 Å². The van der Waals surface area contributed by atoms with E-state index >= 15 is 0 Å². The summed E-state index contributed by atoms with van der Waals surface area (Å²) in [6, 6.07) is 12.9. The van der Waals surface area contributed by atoms with Gasteiger partial charge in [0.15, 0.2) is 0 Å². The minimum Gasteiger partial charge on any atom is -0.364 e. The van der Waals surface area contributed by atoms with Gasteiger partial charge in [-0.05, 0) is 56.7 Å². The second-order valence-corrected chi connectivity index (χ2v) is 6.21. The molecule has 1 aliphatic heterocycles.